The van der Waals surface area contributed by atoms with Gasteiger partial charge in [-0.1, -0.05) is 30.3 Å². The number of carbonyl (C=O) groups excluding carboxylic acids is 1. The number of benzene rings is 2. The standard InChI is InChI=1S/C23H27N5O3/c1-3-24-23(26-14-19-16-31-22(28-19)18-7-5-4-6-8-18)27-15-21(29)25-13-17-9-11-20(30-2)12-10-17/h4-12,16H,3,13-15H2,1-2H3,(H,25,29)(H2,24,26,27). The van der Waals surface area contributed by atoms with Crippen molar-refractivity contribution in [1.82, 2.24) is 20.9 Å². The van der Waals surface area contributed by atoms with Gasteiger partial charge in [0.25, 0.3) is 0 Å². The van der Waals surface area contributed by atoms with Gasteiger partial charge in [-0.15, -0.1) is 0 Å². The first-order chi connectivity index (χ1) is 15.2. The smallest absolute Gasteiger partial charge is 0.239 e. The van der Waals surface area contributed by atoms with Crippen LogP contribution < -0.4 is 20.7 Å². The molecule has 1 amide bonds. The molecule has 0 saturated heterocycles. The number of nitrogens with one attached hydrogen (secondary N) is 3. The number of ether oxygens (including phenoxy) is 1. The number of carbonyl (C=O) groups is 1. The Bertz CT molecular complexity index is 984. The summed E-state index contributed by atoms with van der Waals surface area (Å²) in [5, 5.41) is 9.03. The summed E-state index contributed by atoms with van der Waals surface area (Å²) in [7, 11) is 1.62. The van der Waals surface area contributed by atoms with Crippen molar-refractivity contribution in [2.24, 2.45) is 4.99 Å². The lowest BCUT2D eigenvalue weighted by Gasteiger charge is -2.11. The summed E-state index contributed by atoms with van der Waals surface area (Å²) in [5.41, 5.74) is 2.62. The summed E-state index contributed by atoms with van der Waals surface area (Å²) < 4.78 is 10.7. The number of guanidine groups is 1. The lowest BCUT2D eigenvalue weighted by Crippen LogP contribution is -2.43. The second-order valence-electron chi connectivity index (χ2n) is 6.68. The van der Waals surface area contributed by atoms with Gasteiger partial charge in [-0.2, -0.15) is 0 Å². The minimum Gasteiger partial charge on any atom is -0.497 e. The topological polar surface area (TPSA) is 101 Å². The maximum Gasteiger partial charge on any atom is 0.239 e. The van der Waals surface area contributed by atoms with Gasteiger partial charge in [0.05, 0.1) is 20.2 Å². The van der Waals surface area contributed by atoms with Gasteiger partial charge in [0.1, 0.15) is 17.7 Å². The first-order valence-electron chi connectivity index (χ1n) is 10.1. The molecule has 8 nitrogen and oxygen atoms in total. The molecule has 0 radical (unpaired) electrons. The fraction of sp³-hybridized carbons (Fsp3) is 0.261. The molecule has 0 unspecified atom stereocenters. The van der Waals surface area contributed by atoms with Gasteiger partial charge in [0, 0.05) is 18.7 Å². The molecule has 0 atom stereocenters. The second-order valence-corrected chi connectivity index (χ2v) is 6.68. The van der Waals surface area contributed by atoms with Gasteiger partial charge in [-0.05, 0) is 36.8 Å². The van der Waals surface area contributed by atoms with Crippen molar-refractivity contribution in [2.45, 2.75) is 20.0 Å². The molecule has 0 saturated carbocycles. The number of amides is 1. The van der Waals surface area contributed by atoms with Crippen LogP contribution in [-0.4, -0.2) is 37.1 Å². The maximum atomic E-state index is 12.2. The van der Waals surface area contributed by atoms with Crippen LogP contribution in [0.5, 0.6) is 5.75 Å². The van der Waals surface area contributed by atoms with Crippen molar-refractivity contribution >= 4 is 11.9 Å². The average Bonchev–Trinajstić information content (AvgIpc) is 3.29. The maximum absolute atomic E-state index is 12.2. The Kier molecular flexibility index (Phi) is 8.05. The summed E-state index contributed by atoms with van der Waals surface area (Å²) in [6, 6.07) is 17.3. The zero-order valence-corrected chi connectivity index (χ0v) is 17.7. The SMILES string of the molecule is CCNC(=NCc1coc(-c2ccccc2)n1)NCC(=O)NCc1ccc(OC)cc1. The molecule has 3 aromatic rings. The Morgan fingerprint density at radius 3 is 2.55 bits per heavy atom. The molecule has 1 aromatic heterocycles. The molecule has 3 N–H and O–H groups in total. The van der Waals surface area contributed by atoms with Gasteiger partial charge in [-0.3, -0.25) is 4.79 Å². The lowest BCUT2D eigenvalue weighted by molar-refractivity contribution is -0.120. The minimum absolute atomic E-state index is 0.107. The largest absolute Gasteiger partial charge is 0.497 e. The van der Waals surface area contributed by atoms with Crippen LogP contribution >= 0.6 is 0 Å². The average molecular weight is 422 g/mol. The molecule has 0 aliphatic carbocycles. The Labute approximate surface area is 181 Å². The molecule has 2 aromatic carbocycles. The summed E-state index contributed by atoms with van der Waals surface area (Å²) >= 11 is 0. The number of aromatic nitrogens is 1. The van der Waals surface area contributed by atoms with Crippen LogP contribution in [0.4, 0.5) is 0 Å². The molecule has 0 aliphatic heterocycles. The van der Waals surface area contributed by atoms with Crippen molar-refractivity contribution in [1.29, 1.82) is 0 Å². The lowest BCUT2D eigenvalue weighted by atomic mass is 10.2. The van der Waals surface area contributed by atoms with Crippen LogP contribution in [0.2, 0.25) is 0 Å². The predicted molar refractivity (Wildman–Crippen MR) is 120 cm³/mol. The molecule has 162 valence electrons. The molecular weight excluding hydrogens is 394 g/mol. The molecule has 0 spiro atoms. The fourth-order valence-electron chi connectivity index (χ4n) is 2.77. The van der Waals surface area contributed by atoms with Crippen molar-refractivity contribution in [3.63, 3.8) is 0 Å². The molecule has 0 bridgehead atoms. The quantitative estimate of drug-likeness (QED) is 0.363. The molecule has 31 heavy (non-hydrogen) atoms. The second kappa shape index (κ2) is 11.4. The van der Waals surface area contributed by atoms with Gasteiger partial charge in [-0.25, -0.2) is 9.98 Å². The van der Waals surface area contributed by atoms with Crippen molar-refractivity contribution in [2.75, 3.05) is 20.2 Å². The Hall–Kier alpha value is -3.81. The highest BCUT2D eigenvalue weighted by Crippen LogP contribution is 2.18. The third-order valence-corrected chi connectivity index (χ3v) is 4.38. The van der Waals surface area contributed by atoms with E-state index in [4.69, 9.17) is 9.15 Å². The van der Waals surface area contributed by atoms with Crippen molar-refractivity contribution in [3.8, 4) is 17.2 Å². The van der Waals surface area contributed by atoms with Crippen LogP contribution in [0.3, 0.4) is 0 Å². The summed E-state index contributed by atoms with van der Waals surface area (Å²) in [6.07, 6.45) is 1.59. The monoisotopic (exact) mass is 421 g/mol. The van der Waals surface area contributed by atoms with E-state index in [0.717, 1.165) is 16.9 Å². The van der Waals surface area contributed by atoms with Crippen LogP contribution in [0.25, 0.3) is 11.5 Å². The third-order valence-electron chi connectivity index (χ3n) is 4.38. The third kappa shape index (κ3) is 6.88. The highest BCUT2D eigenvalue weighted by atomic mass is 16.5. The fourth-order valence-corrected chi connectivity index (χ4v) is 2.77. The van der Waals surface area contributed by atoms with E-state index in [-0.39, 0.29) is 12.5 Å². The number of nitrogens with zero attached hydrogens (tertiary/aromatic N) is 2. The normalized spacial score (nSPS) is 11.1. The van der Waals surface area contributed by atoms with Gasteiger partial charge < -0.3 is 25.1 Å². The highest BCUT2D eigenvalue weighted by Gasteiger charge is 2.07. The van der Waals surface area contributed by atoms with E-state index >= 15 is 0 Å². The summed E-state index contributed by atoms with van der Waals surface area (Å²) in [5.74, 6) is 1.74. The van der Waals surface area contributed by atoms with E-state index < -0.39 is 0 Å². The first-order valence-corrected chi connectivity index (χ1v) is 10.1. The number of oxazole rings is 1. The van der Waals surface area contributed by atoms with Gasteiger partial charge >= 0.3 is 0 Å². The van der Waals surface area contributed by atoms with Gasteiger partial charge in [0.15, 0.2) is 5.96 Å². The minimum atomic E-state index is -0.130. The van der Waals surface area contributed by atoms with Crippen LogP contribution in [0, 0.1) is 0 Å². The Balaban J connectivity index is 1.49. The molecule has 8 heteroatoms. The number of hydrogen-bond acceptors (Lipinski definition) is 5. The zero-order chi connectivity index (χ0) is 21.9. The molecule has 0 fully saturated rings. The van der Waals surface area contributed by atoms with E-state index in [1.54, 1.807) is 13.4 Å². The molecule has 3 rings (SSSR count). The predicted octanol–water partition coefficient (Wildman–Crippen LogP) is 2.72. The number of rotatable bonds is 9. The Morgan fingerprint density at radius 2 is 1.84 bits per heavy atom. The van der Waals surface area contributed by atoms with Crippen molar-refractivity contribution in [3.05, 3.63) is 72.1 Å². The van der Waals surface area contributed by atoms with Gasteiger partial charge in [0.2, 0.25) is 11.8 Å². The number of aliphatic imine (C=N–C) groups is 1. The Morgan fingerprint density at radius 1 is 1.06 bits per heavy atom. The van der Waals surface area contributed by atoms with E-state index in [9.17, 15) is 4.79 Å². The van der Waals surface area contributed by atoms with Crippen LogP contribution in [0.1, 0.15) is 18.2 Å². The number of hydrogen-bond donors (Lipinski definition) is 3. The first kappa shape index (κ1) is 21.9. The molecule has 1 heterocycles. The zero-order valence-electron chi connectivity index (χ0n) is 17.7. The van der Waals surface area contributed by atoms with Crippen LogP contribution in [0.15, 0.2) is 70.3 Å². The van der Waals surface area contributed by atoms with Crippen LogP contribution in [-0.2, 0) is 17.9 Å². The summed E-state index contributed by atoms with van der Waals surface area (Å²) in [4.78, 5) is 21.1. The van der Waals surface area contributed by atoms with E-state index in [2.05, 4.69) is 25.9 Å². The number of methoxy groups -OCH3 is 1. The van der Waals surface area contributed by atoms with E-state index in [1.807, 2.05) is 61.5 Å². The summed E-state index contributed by atoms with van der Waals surface area (Å²) in [6.45, 7) is 3.52. The molecular formula is C23H27N5O3. The van der Waals surface area contributed by atoms with E-state index in [1.165, 1.54) is 0 Å². The highest BCUT2D eigenvalue weighted by molar-refractivity contribution is 5.86. The van der Waals surface area contributed by atoms with Crippen molar-refractivity contribution < 1.29 is 13.9 Å². The van der Waals surface area contributed by atoms with E-state index in [0.29, 0.717) is 37.2 Å². The molecule has 0 aliphatic rings.